The van der Waals surface area contributed by atoms with Gasteiger partial charge < -0.3 is 34.9 Å². The molecule has 1 atom stereocenters. The Hall–Kier alpha value is -4.68. The maximum Gasteiger partial charge on any atom is 0.244 e. The number of Topliss-reactive ketones (excluding diaryl/α,β-unsaturated/α-hetero) is 1. The first-order chi connectivity index (χ1) is 33.8. The summed E-state index contributed by atoms with van der Waals surface area (Å²) in [5.74, 6) is -0.659. The lowest BCUT2D eigenvalue weighted by Gasteiger charge is -2.33. The van der Waals surface area contributed by atoms with Crippen molar-refractivity contribution in [1.82, 2.24) is 16.0 Å². The fourth-order valence-corrected chi connectivity index (χ4v) is 8.76. The van der Waals surface area contributed by atoms with Crippen molar-refractivity contribution in [1.29, 1.82) is 0 Å². The van der Waals surface area contributed by atoms with Gasteiger partial charge in [0.05, 0.1) is 45.7 Å². The van der Waals surface area contributed by atoms with E-state index >= 15 is 0 Å². The van der Waals surface area contributed by atoms with Crippen LogP contribution >= 0.6 is 0 Å². The fourth-order valence-electron chi connectivity index (χ4n) is 8.76. The maximum absolute atomic E-state index is 13.5. The van der Waals surface area contributed by atoms with Crippen LogP contribution in [0.2, 0.25) is 0 Å². The van der Waals surface area contributed by atoms with Gasteiger partial charge in [-0.25, -0.2) is 0 Å². The van der Waals surface area contributed by atoms with E-state index in [0.717, 1.165) is 35.1 Å². The first-order valence-corrected chi connectivity index (χ1v) is 26.4. The number of hydrogen-bond acceptors (Lipinski definition) is 8. The molecular formula is C60H93N3O8. The van der Waals surface area contributed by atoms with Crippen molar-refractivity contribution in [3.8, 4) is 0 Å². The third-order valence-electron chi connectivity index (χ3n) is 12.9. The molecule has 2 rings (SSSR count). The Morgan fingerprint density at radius 1 is 0.577 bits per heavy atom. The van der Waals surface area contributed by atoms with E-state index in [4.69, 9.17) is 18.9 Å². The largest absolute Gasteiger partial charge is 0.379 e. The van der Waals surface area contributed by atoms with Gasteiger partial charge in [-0.2, -0.15) is 0 Å². The number of hydrogen-bond donors (Lipinski definition) is 3. The summed E-state index contributed by atoms with van der Waals surface area (Å²) in [6, 6.07) is -0.672. The lowest BCUT2D eigenvalue weighted by molar-refractivity contribution is -0.126. The molecule has 0 spiro atoms. The van der Waals surface area contributed by atoms with Crippen LogP contribution in [0.15, 0.2) is 117 Å². The molecule has 0 heterocycles. The van der Waals surface area contributed by atoms with Gasteiger partial charge in [0.25, 0.3) is 0 Å². The summed E-state index contributed by atoms with van der Waals surface area (Å²) in [5, 5.41) is 8.73. The van der Waals surface area contributed by atoms with E-state index in [1.807, 2.05) is 51.2 Å². The van der Waals surface area contributed by atoms with Crippen molar-refractivity contribution in [2.45, 2.75) is 159 Å². The van der Waals surface area contributed by atoms with Gasteiger partial charge in [0.15, 0.2) is 5.78 Å². The van der Waals surface area contributed by atoms with E-state index in [1.54, 1.807) is 6.08 Å². The number of carbonyl (C=O) groups excluding carboxylic acids is 4. The molecule has 0 aromatic carbocycles. The minimum Gasteiger partial charge on any atom is -0.379 e. The molecule has 396 valence electrons. The molecule has 0 fully saturated rings. The second kappa shape index (κ2) is 35.4. The molecule has 0 saturated carbocycles. The summed E-state index contributed by atoms with van der Waals surface area (Å²) < 4.78 is 21.9. The minimum atomic E-state index is -0.672. The van der Waals surface area contributed by atoms with Gasteiger partial charge in [-0.1, -0.05) is 111 Å². The number of carbonyl (C=O) groups is 4. The minimum absolute atomic E-state index is 0.0637. The summed E-state index contributed by atoms with van der Waals surface area (Å²) in [6.07, 6.45) is 33.7. The summed E-state index contributed by atoms with van der Waals surface area (Å²) >= 11 is 0. The molecule has 11 nitrogen and oxygen atoms in total. The Morgan fingerprint density at radius 3 is 1.65 bits per heavy atom. The van der Waals surface area contributed by atoms with Crippen molar-refractivity contribution in [3.63, 3.8) is 0 Å². The molecule has 0 aromatic heterocycles. The molecule has 11 heteroatoms. The average molecular weight is 984 g/mol. The Kier molecular flexibility index (Phi) is 31.2. The lowest BCUT2D eigenvalue weighted by Crippen LogP contribution is -2.40. The van der Waals surface area contributed by atoms with E-state index in [0.29, 0.717) is 91.6 Å². The monoisotopic (exact) mass is 984 g/mol. The zero-order valence-corrected chi connectivity index (χ0v) is 45.8. The van der Waals surface area contributed by atoms with Gasteiger partial charge in [0, 0.05) is 51.3 Å². The van der Waals surface area contributed by atoms with Crippen molar-refractivity contribution >= 4 is 23.5 Å². The number of nitrogens with one attached hydrogen (secondary N) is 3. The van der Waals surface area contributed by atoms with Gasteiger partial charge in [0.1, 0.15) is 0 Å². The van der Waals surface area contributed by atoms with Crippen LogP contribution < -0.4 is 16.0 Å². The van der Waals surface area contributed by atoms with Crippen LogP contribution in [0.4, 0.5) is 0 Å². The molecule has 0 aliphatic heterocycles. The van der Waals surface area contributed by atoms with Gasteiger partial charge in [-0.3, -0.25) is 19.2 Å². The highest BCUT2D eigenvalue weighted by Gasteiger charge is 2.27. The van der Waals surface area contributed by atoms with E-state index in [-0.39, 0.29) is 47.2 Å². The quantitative estimate of drug-likeness (QED) is 0.0329. The number of ketones is 1. The molecule has 0 aromatic rings. The normalized spacial score (nSPS) is 17.6. The predicted molar refractivity (Wildman–Crippen MR) is 292 cm³/mol. The van der Waals surface area contributed by atoms with Crippen molar-refractivity contribution in [3.05, 3.63) is 117 Å². The second-order valence-corrected chi connectivity index (χ2v) is 20.4. The smallest absolute Gasteiger partial charge is 0.244 e. The molecule has 0 unspecified atom stereocenters. The molecule has 71 heavy (non-hydrogen) atoms. The fraction of sp³-hybridized carbons (Fsp3) is 0.600. The van der Waals surface area contributed by atoms with Crippen LogP contribution in [0.3, 0.4) is 0 Å². The first-order valence-electron chi connectivity index (χ1n) is 26.4. The highest BCUT2D eigenvalue weighted by atomic mass is 16.5. The Labute approximate surface area is 429 Å². The molecule has 2 aliphatic rings. The summed E-state index contributed by atoms with van der Waals surface area (Å²) in [4.78, 5) is 51.5. The number of rotatable bonds is 34. The standard InChI is InChI=1S/C60H93N3O8/c1-12-68-40-41-70-38-32-56(65)62-36-39-71-43-42-69-37-19-27-55(64)54(63-58(67)45-49(5)23-16-21-47(3)29-31-53-51(7)25-18-34-60(53,10)11)26-13-14-35-61-57(66)44-48(4)22-15-20-46(2)28-30-52-50(6)24-17-33-59(52,8)9/h15-16,20-23,28-31,44-45,54H,12-14,17-19,24-27,32-43H2,1-11H3,(H,61,66)(H,62,65)(H,63,67)/b22-15+,23-16+,30-28+,31-29+,46-20+,47-21+,48-44+,49-45+/t54-/m1/s1. The average Bonchev–Trinajstić information content (AvgIpc) is 3.29. The maximum atomic E-state index is 13.5. The van der Waals surface area contributed by atoms with Crippen LogP contribution in [0.5, 0.6) is 0 Å². The highest BCUT2D eigenvalue weighted by Crippen LogP contribution is 2.42. The van der Waals surface area contributed by atoms with Gasteiger partial charge in [-0.05, 0) is 146 Å². The van der Waals surface area contributed by atoms with E-state index in [1.165, 1.54) is 54.1 Å². The van der Waals surface area contributed by atoms with E-state index in [9.17, 15) is 19.2 Å². The molecule has 2 aliphatic carbocycles. The zero-order chi connectivity index (χ0) is 52.5. The number of ether oxygens (including phenoxy) is 4. The number of allylic oxidation sites excluding steroid dienone is 18. The molecule has 3 amide bonds. The number of unbranched alkanes of at least 4 members (excludes halogenated alkanes) is 1. The Bertz CT molecular complexity index is 2000. The van der Waals surface area contributed by atoms with Crippen LogP contribution in [-0.2, 0) is 38.1 Å². The highest BCUT2D eigenvalue weighted by molar-refractivity contribution is 5.94. The third-order valence-corrected chi connectivity index (χ3v) is 12.9. The van der Waals surface area contributed by atoms with Crippen LogP contribution in [-0.4, -0.2) is 95.5 Å². The van der Waals surface area contributed by atoms with Gasteiger partial charge in [-0.15, -0.1) is 0 Å². The molecule has 0 bridgehead atoms. The van der Waals surface area contributed by atoms with E-state index < -0.39 is 6.04 Å². The molecular weight excluding hydrogens is 891 g/mol. The topological polar surface area (TPSA) is 141 Å². The van der Waals surface area contributed by atoms with Crippen molar-refractivity contribution in [2.24, 2.45) is 10.8 Å². The molecule has 0 saturated heterocycles. The summed E-state index contributed by atoms with van der Waals surface area (Å²) in [7, 11) is 0. The molecule has 0 radical (unpaired) electrons. The number of amides is 3. The van der Waals surface area contributed by atoms with Crippen LogP contribution in [0.25, 0.3) is 0 Å². The molecule has 3 N–H and O–H groups in total. The Morgan fingerprint density at radius 2 is 1.10 bits per heavy atom. The lowest BCUT2D eigenvalue weighted by atomic mass is 9.72. The van der Waals surface area contributed by atoms with Crippen LogP contribution in [0, 0.1) is 10.8 Å². The first kappa shape index (κ1) is 62.4. The van der Waals surface area contributed by atoms with Crippen molar-refractivity contribution < 1.29 is 38.1 Å². The second-order valence-electron chi connectivity index (χ2n) is 20.4. The third kappa shape index (κ3) is 28.2. The van der Waals surface area contributed by atoms with Crippen LogP contribution in [0.1, 0.15) is 153 Å². The SMILES string of the molecule is CCOCCOCCC(=O)NCCOCCOCCCC(=O)[C@@H](CCCCNC(=O)/C=C(C)/C=C/C=C(C)/C=C/C1=C(C)CCCC1(C)C)NC(=O)/C=C(C)/C=C/C=C(C)/C=C/C1=C(C)CCCC1(C)C. The van der Waals surface area contributed by atoms with Crippen molar-refractivity contribution in [2.75, 3.05) is 65.9 Å². The Balaban J connectivity index is 1.89. The van der Waals surface area contributed by atoms with E-state index in [2.05, 4.69) is 102 Å². The summed E-state index contributed by atoms with van der Waals surface area (Å²) in [6.45, 7) is 27.9. The van der Waals surface area contributed by atoms with Gasteiger partial charge >= 0.3 is 0 Å². The summed E-state index contributed by atoms with van der Waals surface area (Å²) in [5.41, 5.74) is 10.0. The predicted octanol–water partition coefficient (Wildman–Crippen LogP) is 11.8. The zero-order valence-electron chi connectivity index (χ0n) is 45.8. The van der Waals surface area contributed by atoms with Gasteiger partial charge in [0.2, 0.25) is 17.7 Å².